The van der Waals surface area contributed by atoms with Crippen molar-refractivity contribution in [2.45, 2.75) is 63.6 Å². The molecule has 8 nitrogen and oxygen atoms in total. The first kappa shape index (κ1) is 22.7. The first-order valence-corrected chi connectivity index (χ1v) is 11.9. The van der Waals surface area contributed by atoms with Gasteiger partial charge in [-0.2, -0.15) is 0 Å². The van der Waals surface area contributed by atoms with Crippen LogP contribution >= 0.6 is 0 Å². The predicted octanol–water partition coefficient (Wildman–Crippen LogP) is 2.78. The summed E-state index contributed by atoms with van der Waals surface area (Å²) in [6.45, 7) is 6.09. The first-order chi connectivity index (χ1) is 14.8. The molecule has 9 heteroatoms. The molecule has 2 aromatic rings. The van der Waals surface area contributed by atoms with Crippen LogP contribution in [0, 0.1) is 0 Å². The molecule has 2 N–H and O–H groups in total. The summed E-state index contributed by atoms with van der Waals surface area (Å²) >= 11 is 0. The van der Waals surface area contributed by atoms with Crippen molar-refractivity contribution in [2.75, 3.05) is 0 Å². The first-order valence-electron chi connectivity index (χ1n) is 10.4. The number of fused-ring (bicyclic) bond motifs is 1. The summed E-state index contributed by atoms with van der Waals surface area (Å²) in [6.07, 6.45) is 3.80. The Morgan fingerprint density at radius 3 is 2.74 bits per heavy atom. The van der Waals surface area contributed by atoms with Crippen molar-refractivity contribution in [3.8, 4) is 5.88 Å². The van der Waals surface area contributed by atoms with Gasteiger partial charge >= 0.3 is 0 Å². The van der Waals surface area contributed by atoms with Crippen LogP contribution in [0.25, 0.3) is 0 Å². The van der Waals surface area contributed by atoms with Crippen molar-refractivity contribution in [2.24, 2.45) is 4.99 Å². The molecule has 1 amide bonds. The van der Waals surface area contributed by atoms with Crippen molar-refractivity contribution >= 4 is 21.8 Å². The topological polar surface area (TPSA) is 110 Å². The molecule has 0 fully saturated rings. The van der Waals surface area contributed by atoms with Gasteiger partial charge in [-0.3, -0.25) is 14.5 Å². The van der Waals surface area contributed by atoms with Gasteiger partial charge in [0.25, 0.3) is 10.0 Å². The van der Waals surface area contributed by atoms with Crippen LogP contribution in [0.5, 0.6) is 5.88 Å². The number of aliphatic imine (C=N–C) groups is 1. The zero-order chi connectivity index (χ0) is 22.4. The van der Waals surface area contributed by atoms with Gasteiger partial charge in [0.15, 0.2) is 0 Å². The largest absolute Gasteiger partial charge is 0.475 e. The maximum absolute atomic E-state index is 13.0. The summed E-state index contributed by atoms with van der Waals surface area (Å²) in [5.74, 6) is 0.410. The fourth-order valence-electron chi connectivity index (χ4n) is 3.23. The van der Waals surface area contributed by atoms with Crippen LogP contribution in [-0.2, 0) is 21.4 Å². The molecule has 3 rings (SSSR count). The molecule has 0 radical (unpaired) electrons. The Bertz CT molecular complexity index is 1070. The SMILES string of the molecule is CCCCC(N=C1NS(=O)(=O)c2ccccc21)C(=O)NCc1cccnc1OC(C)C. The normalized spacial score (nSPS) is 16.6. The Labute approximate surface area is 183 Å². The second-order valence-electron chi connectivity index (χ2n) is 7.59. The molecule has 0 aliphatic carbocycles. The number of aromatic nitrogens is 1. The molecular formula is C22H28N4O4S. The fourth-order valence-corrected chi connectivity index (χ4v) is 4.46. The lowest BCUT2D eigenvalue weighted by molar-refractivity contribution is -0.122. The highest BCUT2D eigenvalue weighted by Gasteiger charge is 2.31. The van der Waals surface area contributed by atoms with Crippen molar-refractivity contribution in [3.05, 3.63) is 53.7 Å². The van der Waals surface area contributed by atoms with E-state index in [9.17, 15) is 13.2 Å². The van der Waals surface area contributed by atoms with Crippen LogP contribution in [-0.4, -0.2) is 37.3 Å². The number of amides is 1. The maximum atomic E-state index is 13.0. The summed E-state index contributed by atoms with van der Waals surface area (Å²) in [7, 11) is -3.66. The van der Waals surface area contributed by atoms with Crippen LogP contribution in [0.1, 0.15) is 51.2 Å². The minimum absolute atomic E-state index is 0.0384. The number of ether oxygens (including phenoxy) is 1. The molecular weight excluding hydrogens is 416 g/mol. The number of unbranched alkanes of at least 4 members (excludes halogenated alkanes) is 1. The van der Waals surface area contributed by atoms with E-state index in [-0.39, 0.29) is 29.3 Å². The van der Waals surface area contributed by atoms with Gasteiger partial charge in [-0.15, -0.1) is 0 Å². The maximum Gasteiger partial charge on any atom is 0.263 e. The Morgan fingerprint density at radius 1 is 1.23 bits per heavy atom. The van der Waals surface area contributed by atoms with Gasteiger partial charge < -0.3 is 10.1 Å². The number of benzene rings is 1. The van der Waals surface area contributed by atoms with Crippen LogP contribution in [0.15, 0.2) is 52.5 Å². The average Bonchev–Trinajstić information content (AvgIpc) is 3.00. The minimum Gasteiger partial charge on any atom is -0.475 e. The van der Waals surface area contributed by atoms with Crippen molar-refractivity contribution < 1.29 is 17.9 Å². The van der Waals surface area contributed by atoms with E-state index in [1.54, 1.807) is 30.5 Å². The highest BCUT2D eigenvalue weighted by molar-refractivity contribution is 7.90. The Hall–Kier alpha value is -2.94. The number of carbonyl (C=O) groups excluding carboxylic acids is 1. The number of carbonyl (C=O) groups is 1. The lowest BCUT2D eigenvalue weighted by Gasteiger charge is -2.16. The van der Waals surface area contributed by atoms with Gasteiger partial charge in [0, 0.05) is 23.9 Å². The van der Waals surface area contributed by atoms with Crippen LogP contribution < -0.4 is 14.8 Å². The van der Waals surface area contributed by atoms with E-state index >= 15 is 0 Å². The van der Waals surface area contributed by atoms with E-state index < -0.39 is 16.1 Å². The molecule has 1 atom stereocenters. The summed E-state index contributed by atoms with van der Waals surface area (Å²) in [5.41, 5.74) is 1.25. The quantitative estimate of drug-likeness (QED) is 0.618. The molecule has 166 valence electrons. The van der Waals surface area contributed by atoms with Crippen LogP contribution in [0.2, 0.25) is 0 Å². The molecule has 31 heavy (non-hydrogen) atoms. The lowest BCUT2D eigenvalue weighted by atomic mass is 10.1. The van der Waals surface area contributed by atoms with Gasteiger partial charge in [0.05, 0.1) is 11.0 Å². The van der Waals surface area contributed by atoms with Crippen molar-refractivity contribution in [3.63, 3.8) is 0 Å². The second kappa shape index (κ2) is 9.91. The Kier molecular flexibility index (Phi) is 7.27. The lowest BCUT2D eigenvalue weighted by Crippen LogP contribution is -2.35. The number of sulfonamides is 1. The zero-order valence-corrected chi connectivity index (χ0v) is 18.8. The number of hydrogen-bond acceptors (Lipinski definition) is 6. The summed E-state index contributed by atoms with van der Waals surface area (Å²) in [6, 6.07) is 9.54. The number of nitrogens with zero attached hydrogens (tertiary/aromatic N) is 2. The molecule has 2 heterocycles. The van der Waals surface area contributed by atoms with Gasteiger partial charge in [0.2, 0.25) is 11.8 Å². The van der Waals surface area contributed by atoms with Gasteiger partial charge in [-0.25, -0.2) is 13.4 Å². The third kappa shape index (κ3) is 5.61. The van der Waals surface area contributed by atoms with Crippen molar-refractivity contribution in [1.82, 2.24) is 15.0 Å². The molecule has 0 saturated heterocycles. The van der Waals surface area contributed by atoms with Gasteiger partial charge in [-0.05, 0) is 38.5 Å². The van der Waals surface area contributed by atoms with E-state index in [0.29, 0.717) is 17.9 Å². The molecule has 1 aliphatic heterocycles. The Balaban J connectivity index is 1.79. The number of pyridine rings is 1. The third-order valence-corrected chi connectivity index (χ3v) is 6.13. The van der Waals surface area contributed by atoms with Crippen molar-refractivity contribution in [1.29, 1.82) is 0 Å². The van der Waals surface area contributed by atoms with Crippen LogP contribution in [0.4, 0.5) is 0 Å². The highest BCUT2D eigenvalue weighted by atomic mass is 32.2. The predicted molar refractivity (Wildman–Crippen MR) is 118 cm³/mol. The number of hydrogen-bond donors (Lipinski definition) is 2. The minimum atomic E-state index is -3.66. The number of rotatable bonds is 9. The third-order valence-electron chi connectivity index (χ3n) is 4.73. The second-order valence-corrected chi connectivity index (χ2v) is 9.24. The molecule has 1 aromatic heterocycles. The number of nitrogens with one attached hydrogen (secondary N) is 2. The molecule has 0 spiro atoms. The smallest absolute Gasteiger partial charge is 0.263 e. The molecule has 1 unspecified atom stereocenters. The molecule has 1 aliphatic rings. The average molecular weight is 445 g/mol. The molecule has 0 saturated carbocycles. The summed E-state index contributed by atoms with van der Waals surface area (Å²) in [4.78, 5) is 21.9. The van der Waals surface area contributed by atoms with E-state index in [4.69, 9.17) is 4.74 Å². The molecule has 1 aromatic carbocycles. The van der Waals surface area contributed by atoms with E-state index in [1.807, 2.05) is 26.8 Å². The Morgan fingerprint density at radius 2 is 2.00 bits per heavy atom. The molecule has 0 bridgehead atoms. The fraction of sp³-hybridized carbons (Fsp3) is 0.409. The monoisotopic (exact) mass is 444 g/mol. The summed E-state index contributed by atoms with van der Waals surface area (Å²) < 4.78 is 32.9. The van der Waals surface area contributed by atoms with Gasteiger partial charge in [0.1, 0.15) is 11.9 Å². The zero-order valence-electron chi connectivity index (χ0n) is 18.0. The highest BCUT2D eigenvalue weighted by Crippen LogP contribution is 2.23. The number of amidine groups is 1. The van der Waals surface area contributed by atoms with Gasteiger partial charge in [-0.1, -0.05) is 38.0 Å². The van der Waals surface area contributed by atoms with E-state index in [2.05, 4.69) is 20.0 Å². The van der Waals surface area contributed by atoms with Crippen LogP contribution in [0.3, 0.4) is 0 Å². The summed E-state index contributed by atoms with van der Waals surface area (Å²) in [5, 5.41) is 2.90. The van der Waals surface area contributed by atoms with E-state index in [0.717, 1.165) is 18.4 Å². The van der Waals surface area contributed by atoms with E-state index in [1.165, 1.54) is 6.07 Å². The standard InChI is InChI=1S/C22H28N4O4S/c1-4-5-11-18(25-20-17-10-6-7-12-19(17)31(28,29)26-20)21(27)24-14-16-9-8-13-23-22(16)30-15(2)3/h6-10,12-13,15,18H,4-5,11,14H2,1-3H3,(H,24,27)(H,25,26).